The molecule has 1 aliphatic rings. The van der Waals surface area contributed by atoms with Crippen LogP contribution in [0.15, 0.2) is 6.20 Å². The van der Waals surface area contributed by atoms with E-state index >= 15 is 0 Å². The maximum atomic E-state index is 4.25. The predicted octanol–water partition coefficient (Wildman–Crippen LogP) is 2.28. The third kappa shape index (κ3) is 3.04. The van der Waals surface area contributed by atoms with E-state index in [0.717, 1.165) is 25.2 Å². The smallest absolute Gasteiger partial charge is 0.0964 e. The first-order valence-electron chi connectivity index (χ1n) is 6.51. The monoisotopic (exact) mass is 222 g/mol. The number of hydrogen-bond donors (Lipinski definition) is 1. The Bertz CT molecular complexity index is 302. The molecule has 1 aromatic rings. The zero-order valence-corrected chi connectivity index (χ0v) is 10.2. The summed E-state index contributed by atoms with van der Waals surface area (Å²) in [5.74, 6) is 0. The van der Waals surface area contributed by atoms with Crippen LogP contribution in [-0.4, -0.2) is 21.5 Å². The highest BCUT2D eigenvalue weighted by molar-refractivity contribution is 4.93. The second kappa shape index (κ2) is 5.99. The molecule has 1 heterocycles. The molecule has 0 aromatic carbocycles. The van der Waals surface area contributed by atoms with Crippen molar-refractivity contribution in [2.24, 2.45) is 0 Å². The van der Waals surface area contributed by atoms with Crippen LogP contribution in [0.2, 0.25) is 0 Å². The van der Waals surface area contributed by atoms with Crippen LogP contribution in [0.4, 0.5) is 0 Å². The highest BCUT2D eigenvalue weighted by Gasteiger charge is 2.16. The van der Waals surface area contributed by atoms with Crippen LogP contribution in [0.5, 0.6) is 0 Å². The quantitative estimate of drug-likeness (QED) is 0.777. The van der Waals surface area contributed by atoms with Crippen molar-refractivity contribution >= 4 is 0 Å². The second-order valence-corrected chi connectivity index (χ2v) is 4.66. The van der Waals surface area contributed by atoms with Crippen molar-refractivity contribution in [1.82, 2.24) is 20.3 Å². The van der Waals surface area contributed by atoms with Gasteiger partial charge in [0, 0.05) is 6.54 Å². The summed E-state index contributed by atoms with van der Waals surface area (Å²) in [5.41, 5.74) is 1.07. The Balaban J connectivity index is 1.85. The van der Waals surface area contributed by atoms with E-state index in [1.807, 2.05) is 0 Å². The summed E-state index contributed by atoms with van der Waals surface area (Å²) in [6.07, 6.45) is 9.88. The maximum absolute atomic E-state index is 4.25. The summed E-state index contributed by atoms with van der Waals surface area (Å²) < 4.78 is 2.07. The minimum Gasteiger partial charge on any atom is -0.311 e. The van der Waals surface area contributed by atoms with Gasteiger partial charge in [-0.05, 0) is 25.8 Å². The number of nitrogens with one attached hydrogen (secondary N) is 1. The van der Waals surface area contributed by atoms with E-state index in [0.29, 0.717) is 6.04 Å². The lowest BCUT2D eigenvalue weighted by molar-refractivity contribution is 0.324. The molecule has 0 unspecified atom stereocenters. The molecule has 1 N–H and O–H groups in total. The molecular formula is C12H22N4. The van der Waals surface area contributed by atoms with E-state index in [1.54, 1.807) is 0 Å². The van der Waals surface area contributed by atoms with Crippen molar-refractivity contribution in [3.63, 3.8) is 0 Å². The average molecular weight is 222 g/mol. The number of rotatable bonds is 5. The summed E-state index contributed by atoms with van der Waals surface area (Å²) in [6.45, 7) is 4.07. The minimum absolute atomic E-state index is 0.598. The normalized spacial score (nSPS) is 17.8. The van der Waals surface area contributed by atoms with Crippen LogP contribution in [0.1, 0.15) is 57.2 Å². The molecule has 0 aliphatic heterocycles. The van der Waals surface area contributed by atoms with Crippen LogP contribution >= 0.6 is 0 Å². The van der Waals surface area contributed by atoms with Gasteiger partial charge in [-0.3, -0.25) is 0 Å². The van der Waals surface area contributed by atoms with Gasteiger partial charge in [0.25, 0.3) is 0 Å². The van der Waals surface area contributed by atoms with Gasteiger partial charge in [-0.15, -0.1) is 5.10 Å². The summed E-state index contributed by atoms with van der Waals surface area (Å²) in [6, 6.07) is 0.598. The van der Waals surface area contributed by atoms with E-state index in [2.05, 4.69) is 33.4 Å². The maximum Gasteiger partial charge on any atom is 0.0964 e. The molecule has 2 rings (SSSR count). The van der Waals surface area contributed by atoms with E-state index in [4.69, 9.17) is 0 Å². The van der Waals surface area contributed by atoms with Crippen LogP contribution in [-0.2, 0) is 6.54 Å². The lowest BCUT2D eigenvalue weighted by atomic mass is 9.96. The molecule has 0 amide bonds. The van der Waals surface area contributed by atoms with E-state index in [-0.39, 0.29) is 0 Å². The van der Waals surface area contributed by atoms with E-state index < -0.39 is 0 Å². The first-order valence-corrected chi connectivity index (χ1v) is 6.51. The third-order valence-corrected chi connectivity index (χ3v) is 3.24. The largest absolute Gasteiger partial charge is 0.311 e. The molecule has 1 aliphatic carbocycles. The molecule has 1 saturated carbocycles. The topological polar surface area (TPSA) is 42.7 Å². The molecule has 4 nitrogen and oxygen atoms in total. The van der Waals surface area contributed by atoms with Crippen LogP contribution in [0.3, 0.4) is 0 Å². The molecule has 0 saturated heterocycles. The van der Waals surface area contributed by atoms with Gasteiger partial charge in [0.05, 0.1) is 17.9 Å². The summed E-state index contributed by atoms with van der Waals surface area (Å²) in [7, 11) is 0. The minimum atomic E-state index is 0.598. The summed E-state index contributed by atoms with van der Waals surface area (Å²) in [4.78, 5) is 0. The molecule has 0 bridgehead atoms. The van der Waals surface area contributed by atoms with Crippen molar-refractivity contribution in [3.05, 3.63) is 11.9 Å². The molecule has 1 aromatic heterocycles. The first kappa shape index (κ1) is 11.6. The summed E-state index contributed by atoms with van der Waals surface area (Å²) >= 11 is 0. The Morgan fingerprint density at radius 1 is 1.38 bits per heavy atom. The van der Waals surface area contributed by atoms with Gasteiger partial charge >= 0.3 is 0 Å². The second-order valence-electron chi connectivity index (χ2n) is 4.66. The number of aromatic nitrogens is 3. The predicted molar refractivity (Wildman–Crippen MR) is 64.1 cm³/mol. The van der Waals surface area contributed by atoms with Gasteiger partial charge in [0.2, 0.25) is 0 Å². The fourth-order valence-electron chi connectivity index (χ4n) is 2.31. The van der Waals surface area contributed by atoms with Crippen molar-refractivity contribution in [3.8, 4) is 0 Å². The molecule has 0 spiro atoms. The first-order chi connectivity index (χ1) is 7.90. The highest BCUT2D eigenvalue weighted by Crippen LogP contribution is 2.27. The summed E-state index contributed by atoms with van der Waals surface area (Å²) in [5, 5.41) is 11.8. The average Bonchev–Trinajstić information content (AvgIpc) is 2.79. The Labute approximate surface area is 97.4 Å². The van der Waals surface area contributed by atoms with Crippen molar-refractivity contribution < 1.29 is 0 Å². The van der Waals surface area contributed by atoms with Gasteiger partial charge in [0.1, 0.15) is 0 Å². The Kier molecular flexibility index (Phi) is 4.34. The van der Waals surface area contributed by atoms with Crippen molar-refractivity contribution in [1.29, 1.82) is 0 Å². The lowest BCUT2D eigenvalue weighted by Gasteiger charge is -2.20. The Morgan fingerprint density at radius 2 is 2.19 bits per heavy atom. The third-order valence-electron chi connectivity index (χ3n) is 3.24. The van der Waals surface area contributed by atoms with Gasteiger partial charge < -0.3 is 5.32 Å². The van der Waals surface area contributed by atoms with Crippen LogP contribution in [0, 0.1) is 0 Å². The van der Waals surface area contributed by atoms with Gasteiger partial charge in [-0.2, -0.15) is 0 Å². The van der Waals surface area contributed by atoms with Gasteiger partial charge in [-0.1, -0.05) is 31.4 Å². The van der Waals surface area contributed by atoms with Crippen molar-refractivity contribution in [2.45, 2.75) is 58.0 Å². The molecular weight excluding hydrogens is 200 g/mol. The molecule has 90 valence electrons. The standard InChI is InChI=1S/C12H22N4/c1-2-8-13-9-11-10-16(15-14-11)12-6-4-3-5-7-12/h10,12-13H,2-9H2,1H3. The highest BCUT2D eigenvalue weighted by atomic mass is 15.4. The zero-order valence-electron chi connectivity index (χ0n) is 10.2. The van der Waals surface area contributed by atoms with Gasteiger partial charge in [0.15, 0.2) is 0 Å². The van der Waals surface area contributed by atoms with Crippen molar-refractivity contribution in [2.75, 3.05) is 6.54 Å². The van der Waals surface area contributed by atoms with E-state index in [9.17, 15) is 0 Å². The fourth-order valence-corrected chi connectivity index (χ4v) is 2.31. The molecule has 0 atom stereocenters. The molecule has 1 fully saturated rings. The fraction of sp³-hybridized carbons (Fsp3) is 0.833. The van der Waals surface area contributed by atoms with Gasteiger partial charge in [-0.25, -0.2) is 4.68 Å². The molecule has 4 heteroatoms. The number of nitrogens with zero attached hydrogens (tertiary/aromatic N) is 3. The molecule has 16 heavy (non-hydrogen) atoms. The Morgan fingerprint density at radius 3 is 2.94 bits per heavy atom. The lowest BCUT2D eigenvalue weighted by Crippen LogP contribution is -2.14. The Hall–Kier alpha value is -0.900. The van der Waals surface area contributed by atoms with Crippen LogP contribution in [0.25, 0.3) is 0 Å². The zero-order chi connectivity index (χ0) is 11.2. The number of hydrogen-bond acceptors (Lipinski definition) is 3. The molecule has 0 radical (unpaired) electrons. The van der Waals surface area contributed by atoms with E-state index in [1.165, 1.54) is 32.1 Å². The SMILES string of the molecule is CCCNCc1cn(C2CCCCC2)nn1. The van der Waals surface area contributed by atoms with Crippen LogP contribution < -0.4 is 5.32 Å².